The van der Waals surface area contributed by atoms with Crippen LogP contribution in [0.1, 0.15) is 26.7 Å². The fourth-order valence-electron chi connectivity index (χ4n) is 2.14. The van der Waals surface area contributed by atoms with Crippen molar-refractivity contribution < 1.29 is 13.9 Å². The molecular formula is C14H21FN2O2. The highest BCUT2D eigenvalue weighted by Gasteiger charge is 2.24. The maximum atomic E-state index is 13.7. The molecule has 0 aliphatic carbocycles. The summed E-state index contributed by atoms with van der Waals surface area (Å²) in [4.78, 5) is 0. The van der Waals surface area contributed by atoms with Crippen molar-refractivity contribution in [1.29, 1.82) is 0 Å². The van der Waals surface area contributed by atoms with Crippen molar-refractivity contribution in [2.75, 3.05) is 24.3 Å². The summed E-state index contributed by atoms with van der Waals surface area (Å²) in [5.41, 5.74) is 6.94. The van der Waals surface area contributed by atoms with Gasteiger partial charge in [-0.15, -0.1) is 0 Å². The number of hydrogen-bond acceptors (Lipinski definition) is 4. The molecule has 4 nitrogen and oxygen atoms in total. The lowest BCUT2D eigenvalue weighted by atomic mass is 10.1. The maximum Gasteiger partial charge on any atom is 0.167 e. The fourth-order valence-corrected chi connectivity index (χ4v) is 2.14. The zero-order valence-corrected chi connectivity index (χ0v) is 11.4. The van der Waals surface area contributed by atoms with Gasteiger partial charge < -0.3 is 20.5 Å². The largest absolute Gasteiger partial charge is 0.490 e. The minimum Gasteiger partial charge on any atom is -0.490 e. The third-order valence-electron chi connectivity index (χ3n) is 3.28. The number of benzene rings is 1. The standard InChI is InChI=1S/C14H21FN2O2/c1-3-5-19-14-8-13(11(16)7-10(14)15)17-12-4-6-18-9(12)2/h7-9,12,17H,3-6,16H2,1-2H3. The van der Waals surface area contributed by atoms with Gasteiger partial charge in [0.25, 0.3) is 0 Å². The van der Waals surface area contributed by atoms with E-state index in [1.165, 1.54) is 6.07 Å². The van der Waals surface area contributed by atoms with E-state index in [1.807, 2.05) is 13.8 Å². The Labute approximate surface area is 113 Å². The number of nitrogens with two attached hydrogens (primary N) is 1. The second kappa shape index (κ2) is 6.10. The van der Waals surface area contributed by atoms with Crippen LogP contribution in [0.4, 0.5) is 15.8 Å². The Hall–Kier alpha value is -1.49. The molecule has 1 saturated heterocycles. The number of rotatable bonds is 5. The van der Waals surface area contributed by atoms with Crippen LogP contribution in [0.15, 0.2) is 12.1 Å². The van der Waals surface area contributed by atoms with E-state index in [9.17, 15) is 4.39 Å². The Morgan fingerprint density at radius 2 is 2.32 bits per heavy atom. The van der Waals surface area contributed by atoms with E-state index < -0.39 is 5.82 Å². The van der Waals surface area contributed by atoms with Crippen molar-refractivity contribution >= 4 is 11.4 Å². The third-order valence-corrected chi connectivity index (χ3v) is 3.28. The molecule has 106 valence electrons. The lowest BCUT2D eigenvalue weighted by Gasteiger charge is -2.19. The number of hydrogen-bond donors (Lipinski definition) is 2. The molecular weight excluding hydrogens is 247 g/mol. The van der Waals surface area contributed by atoms with Crippen LogP contribution in [0.2, 0.25) is 0 Å². The lowest BCUT2D eigenvalue weighted by molar-refractivity contribution is 0.121. The number of anilines is 2. The van der Waals surface area contributed by atoms with Crippen molar-refractivity contribution in [1.82, 2.24) is 0 Å². The Balaban J connectivity index is 2.14. The van der Waals surface area contributed by atoms with Gasteiger partial charge in [0.15, 0.2) is 11.6 Å². The zero-order valence-electron chi connectivity index (χ0n) is 11.4. The number of nitrogens with one attached hydrogen (secondary N) is 1. The SMILES string of the molecule is CCCOc1cc(NC2CCOC2C)c(N)cc1F. The van der Waals surface area contributed by atoms with Crippen LogP contribution in [0, 0.1) is 5.82 Å². The highest BCUT2D eigenvalue weighted by molar-refractivity contribution is 5.69. The minimum absolute atomic E-state index is 0.129. The van der Waals surface area contributed by atoms with Gasteiger partial charge >= 0.3 is 0 Å². The van der Waals surface area contributed by atoms with Crippen LogP contribution in [0.5, 0.6) is 5.75 Å². The van der Waals surface area contributed by atoms with Crippen LogP contribution in [-0.4, -0.2) is 25.4 Å². The molecule has 1 aromatic carbocycles. The quantitative estimate of drug-likeness (QED) is 0.806. The molecule has 1 aromatic rings. The molecule has 0 spiro atoms. The average Bonchev–Trinajstić information content (AvgIpc) is 2.77. The van der Waals surface area contributed by atoms with Crippen molar-refractivity contribution in [2.45, 2.75) is 38.8 Å². The fraction of sp³-hybridized carbons (Fsp3) is 0.571. The molecule has 2 rings (SSSR count). The van der Waals surface area contributed by atoms with Gasteiger partial charge in [-0.2, -0.15) is 0 Å². The second-order valence-electron chi connectivity index (χ2n) is 4.83. The first-order valence-electron chi connectivity index (χ1n) is 6.71. The monoisotopic (exact) mass is 268 g/mol. The molecule has 1 fully saturated rings. The number of ether oxygens (including phenoxy) is 2. The lowest BCUT2D eigenvalue weighted by Crippen LogP contribution is -2.27. The Morgan fingerprint density at radius 1 is 1.53 bits per heavy atom. The highest BCUT2D eigenvalue weighted by Crippen LogP contribution is 2.30. The van der Waals surface area contributed by atoms with E-state index in [0.29, 0.717) is 18.0 Å². The van der Waals surface area contributed by atoms with Gasteiger partial charge in [-0.25, -0.2) is 4.39 Å². The predicted octanol–water partition coefficient (Wildman–Crippen LogP) is 2.79. The topological polar surface area (TPSA) is 56.5 Å². The first-order chi connectivity index (χ1) is 9.11. The normalized spacial score (nSPS) is 22.5. The molecule has 0 radical (unpaired) electrons. The molecule has 5 heteroatoms. The van der Waals surface area contributed by atoms with Crippen LogP contribution >= 0.6 is 0 Å². The van der Waals surface area contributed by atoms with Gasteiger partial charge in [0.05, 0.1) is 30.1 Å². The van der Waals surface area contributed by atoms with Crippen molar-refractivity contribution in [2.24, 2.45) is 0 Å². The van der Waals surface area contributed by atoms with E-state index in [2.05, 4.69) is 5.32 Å². The summed E-state index contributed by atoms with van der Waals surface area (Å²) in [5.74, 6) is -0.183. The molecule has 3 N–H and O–H groups in total. The van der Waals surface area contributed by atoms with E-state index in [0.717, 1.165) is 19.4 Å². The van der Waals surface area contributed by atoms with Crippen molar-refractivity contribution in [3.05, 3.63) is 17.9 Å². The summed E-state index contributed by atoms with van der Waals surface area (Å²) in [6.07, 6.45) is 1.88. The van der Waals surface area contributed by atoms with Gasteiger partial charge in [-0.1, -0.05) is 6.92 Å². The minimum atomic E-state index is -0.424. The van der Waals surface area contributed by atoms with Crippen LogP contribution in [-0.2, 0) is 4.74 Å². The summed E-state index contributed by atoms with van der Waals surface area (Å²) >= 11 is 0. The van der Waals surface area contributed by atoms with E-state index >= 15 is 0 Å². The molecule has 1 aliphatic heterocycles. The Morgan fingerprint density at radius 3 is 2.95 bits per heavy atom. The molecule has 1 aliphatic rings. The summed E-state index contributed by atoms with van der Waals surface area (Å²) in [7, 11) is 0. The van der Waals surface area contributed by atoms with E-state index in [-0.39, 0.29) is 17.9 Å². The molecule has 2 atom stereocenters. The highest BCUT2D eigenvalue weighted by atomic mass is 19.1. The van der Waals surface area contributed by atoms with Crippen LogP contribution in [0.3, 0.4) is 0 Å². The van der Waals surface area contributed by atoms with Crippen molar-refractivity contribution in [3.8, 4) is 5.75 Å². The smallest absolute Gasteiger partial charge is 0.167 e. The summed E-state index contributed by atoms with van der Waals surface area (Å²) in [5, 5.41) is 3.31. The molecule has 1 heterocycles. The van der Waals surface area contributed by atoms with Crippen LogP contribution in [0.25, 0.3) is 0 Å². The maximum absolute atomic E-state index is 13.7. The first kappa shape index (κ1) is 13.9. The molecule has 0 saturated carbocycles. The molecule has 0 aromatic heterocycles. The van der Waals surface area contributed by atoms with Crippen LogP contribution < -0.4 is 15.8 Å². The summed E-state index contributed by atoms with van der Waals surface area (Å²) in [6, 6.07) is 3.13. The zero-order chi connectivity index (χ0) is 13.8. The molecule has 0 amide bonds. The van der Waals surface area contributed by atoms with E-state index in [4.69, 9.17) is 15.2 Å². The van der Waals surface area contributed by atoms with Gasteiger partial charge in [0, 0.05) is 18.7 Å². The number of halogens is 1. The average molecular weight is 268 g/mol. The summed E-state index contributed by atoms with van der Waals surface area (Å²) < 4.78 is 24.5. The Kier molecular flexibility index (Phi) is 4.47. The third kappa shape index (κ3) is 3.29. The number of nitrogen functional groups attached to an aromatic ring is 1. The first-order valence-corrected chi connectivity index (χ1v) is 6.71. The summed E-state index contributed by atoms with van der Waals surface area (Å²) in [6.45, 7) is 5.22. The Bertz CT molecular complexity index is 440. The van der Waals surface area contributed by atoms with Gasteiger partial charge in [-0.05, 0) is 19.8 Å². The second-order valence-corrected chi connectivity index (χ2v) is 4.83. The molecule has 0 bridgehead atoms. The van der Waals surface area contributed by atoms with Gasteiger partial charge in [-0.3, -0.25) is 0 Å². The molecule has 19 heavy (non-hydrogen) atoms. The predicted molar refractivity (Wildman–Crippen MR) is 74.0 cm³/mol. The van der Waals surface area contributed by atoms with Crippen molar-refractivity contribution in [3.63, 3.8) is 0 Å². The van der Waals surface area contributed by atoms with Gasteiger partial charge in [0.1, 0.15) is 0 Å². The van der Waals surface area contributed by atoms with Gasteiger partial charge in [0.2, 0.25) is 0 Å². The molecule has 2 unspecified atom stereocenters. The van der Waals surface area contributed by atoms with E-state index in [1.54, 1.807) is 6.07 Å².